The van der Waals surface area contributed by atoms with Crippen LogP contribution < -0.4 is 19.5 Å². The number of benzene rings is 2. The number of amides is 1. The molecule has 1 aliphatic carbocycles. The van der Waals surface area contributed by atoms with Gasteiger partial charge in [0.2, 0.25) is 10.0 Å². The maximum atomic E-state index is 13.0. The molecule has 162 valence electrons. The summed E-state index contributed by atoms with van der Waals surface area (Å²) < 4.78 is 44.5. The first kappa shape index (κ1) is 21.9. The molecule has 1 aliphatic rings. The Bertz CT molecular complexity index is 965. The minimum Gasteiger partial charge on any atom is -0.497 e. The van der Waals surface area contributed by atoms with Crippen molar-refractivity contribution in [3.63, 3.8) is 0 Å². The van der Waals surface area contributed by atoms with E-state index in [2.05, 4.69) is 10.0 Å². The molecule has 0 unspecified atom stereocenters. The molecular weight excluding hydrogens is 408 g/mol. The topological polar surface area (TPSA) is 103 Å². The molecule has 3 rings (SSSR count). The van der Waals surface area contributed by atoms with E-state index < -0.39 is 16.1 Å². The number of hydrogen-bond acceptors (Lipinski definition) is 6. The number of nitrogens with one attached hydrogen (secondary N) is 2. The Hall–Kier alpha value is -2.78. The first-order valence-electron chi connectivity index (χ1n) is 9.68. The number of carbonyl (C=O) groups excluding carboxylic acids is 1. The van der Waals surface area contributed by atoms with Gasteiger partial charge in [0.1, 0.15) is 22.5 Å². The third kappa shape index (κ3) is 5.64. The molecule has 1 fully saturated rings. The molecule has 0 aromatic heterocycles. The summed E-state index contributed by atoms with van der Waals surface area (Å²) in [7, 11) is -0.966. The SMILES string of the molecule is COc1ccc(OC)c(S(=O)(=O)N[C@H]2CCC[C@H](OC(=O)Nc3ccccc3)C2)c1. The molecule has 0 spiro atoms. The lowest BCUT2D eigenvalue weighted by molar-refractivity contribution is 0.0793. The van der Waals surface area contributed by atoms with Crippen LogP contribution in [-0.2, 0) is 14.8 Å². The lowest BCUT2D eigenvalue weighted by Gasteiger charge is -2.29. The van der Waals surface area contributed by atoms with Crippen LogP contribution in [0.2, 0.25) is 0 Å². The van der Waals surface area contributed by atoms with Crippen LogP contribution in [-0.4, -0.2) is 40.9 Å². The minimum atomic E-state index is -3.85. The van der Waals surface area contributed by atoms with Crippen molar-refractivity contribution in [1.82, 2.24) is 4.72 Å². The van der Waals surface area contributed by atoms with Crippen molar-refractivity contribution in [2.24, 2.45) is 0 Å². The van der Waals surface area contributed by atoms with E-state index in [0.717, 1.165) is 6.42 Å². The molecule has 0 radical (unpaired) electrons. The average molecular weight is 435 g/mol. The maximum absolute atomic E-state index is 13.0. The van der Waals surface area contributed by atoms with Crippen molar-refractivity contribution < 1.29 is 27.4 Å². The van der Waals surface area contributed by atoms with Crippen LogP contribution in [0.1, 0.15) is 25.7 Å². The summed E-state index contributed by atoms with van der Waals surface area (Å²) in [6.07, 6.45) is 1.56. The van der Waals surface area contributed by atoms with Gasteiger partial charge >= 0.3 is 6.09 Å². The van der Waals surface area contributed by atoms with Crippen molar-refractivity contribution >= 4 is 21.8 Å². The van der Waals surface area contributed by atoms with Gasteiger partial charge in [-0.25, -0.2) is 17.9 Å². The minimum absolute atomic E-state index is 0.00853. The Morgan fingerprint density at radius 2 is 1.80 bits per heavy atom. The molecule has 9 heteroatoms. The zero-order valence-electron chi connectivity index (χ0n) is 17.0. The highest BCUT2D eigenvalue weighted by Gasteiger charge is 2.30. The van der Waals surface area contributed by atoms with Gasteiger partial charge in [-0.2, -0.15) is 0 Å². The summed E-state index contributed by atoms with van der Waals surface area (Å²) >= 11 is 0. The second-order valence-electron chi connectivity index (χ2n) is 7.02. The quantitative estimate of drug-likeness (QED) is 0.691. The smallest absolute Gasteiger partial charge is 0.411 e. The summed E-state index contributed by atoms with van der Waals surface area (Å²) in [5.41, 5.74) is 0.640. The second-order valence-corrected chi connectivity index (χ2v) is 8.70. The standard InChI is InChI=1S/C21H26N2O6S/c1-27-17-11-12-19(28-2)20(14-17)30(25,26)23-16-9-6-10-18(13-16)29-21(24)22-15-7-4-3-5-8-15/h3-5,7-8,11-12,14,16,18,23H,6,9-10,13H2,1-2H3,(H,22,24)/t16-,18-/m0/s1. The Morgan fingerprint density at radius 1 is 1.03 bits per heavy atom. The van der Waals surface area contributed by atoms with Crippen LogP contribution in [0.15, 0.2) is 53.4 Å². The van der Waals surface area contributed by atoms with E-state index >= 15 is 0 Å². The molecule has 0 heterocycles. The van der Waals surface area contributed by atoms with Gasteiger partial charge in [-0.1, -0.05) is 18.2 Å². The van der Waals surface area contributed by atoms with Gasteiger partial charge in [0, 0.05) is 24.2 Å². The number of hydrogen-bond donors (Lipinski definition) is 2. The van der Waals surface area contributed by atoms with Gasteiger partial charge < -0.3 is 14.2 Å². The zero-order chi connectivity index (χ0) is 21.6. The average Bonchev–Trinajstić information content (AvgIpc) is 2.73. The first-order chi connectivity index (χ1) is 14.4. The van der Waals surface area contributed by atoms with Crippen molar-refractivity contribution in [1.29, 1.82) is 0 Å². The number of sulfonamides is 1. The summed E-state index contributed by atoms with van der Waals surface area (Å²) in [6.45, 7) is 0. The van der Waals surface area contributed by atoms with E-state index in [1.807, 2.05) is 18.2 Å². The molecule has 1 amide bonds. The molecular formula is C21H26N2O6S. The van der Waals surface area contributed by atoms with Crippen LogP contribution in [0.4, 0.5) is 10.5 Å². The van der Waals surface area contributed by atoms with Gasteiger partial charge in [0.05, 0.1) is 14.2 Å². The number of carbonyl (C=O) groups is 1. The van der Waals surface area contributed by atoms with Crippen molar-refractivity contribution in [2.45, 2.75) is 42.7 Å². The second kappa shape index (κ2) is 9.82. The summed E-state index contributed by atoms with van der Waals surface area (Å²) in [6, 6.07) is 13.3. The summed E-state index contributed by atoms with van der Waals surface area (Å²) in [5.74, 6) is 0.646. The van der Waals surface area contributed by atoms with Gasteiger partial charge in [0.15, 0.2) is 0 Å². The van der Waals surface area contributed by atoms with Crippen LogP contribution >= 0.6 is 0 Å². The van der Waals surface area contributed by atoms with Gasteiger partial charge in [-0.15, -0.1) is 0 Å². The van der Waals surface area contributed by atoms with Crippen LogP contribution in [0, 0.1) is 0 Å². The molecule has 0 bridgehead atoms. The fraction of sp³-hybridized carbons (Fsp3) is 0.381. The largest absolute Gasteiger partial charge is 0.497 e. The van der Waals surface area contributed by atoms with E-state index in [-0.39, 0.29) is 22.8 Å². The van der Waals surface area contributed by atoms with Crippen LogP contribution in [0.25, 0.3) is 0 Å². The van der Waals surface area contributed by atoms with E-state index in [9.17, 15) is 13.2 Å². The fourth-order valence-electron chi connectivity index (χ4n) is 3.46. The zero-order valence-corrected chi connectivity index (χ0v) is 17.8. The highest BCUT2D eigenvalue weighted by molar-refractivity contribution is 7.89. The molecule has 1 saturated carbocycles. The predicted molar refractivity (Wildman–Crippen MR) is 112 cm³/mol. The molecule has 2 atom stereocenters. The first-order valence-corrected chi connectivity index (χ1v) is 11.2. The van der Waals surface area contributed by atoms with Gasteiger partial charge in [0.25, 0.3) is 0 Å². The molecule has 2 aromatic rings. The van der Waals surface area contributed by atoms with E-state index in [4.69, 9.17) is 14.2 Å². The molecule has 2 N–H and O–H groups in total. The third-order valence-electron chi connectivity index (χ3n) is 4.90. The number of ether oxygens (including phenoxy) is 3. The number of para-hydroxylation sites is 1. The summed E-state index contributed by atoms with van der Waals surface area (Å²) in [5, 5.41) is 2.68. The maximum Gasteiger partial charge on any atom is 0.411 e. The lowest BCUT2D eigenvalue weighted by atomic mass is 9.94. The van der Waals surface area contributed by atoms with Gasteiger partial charge in [-0.05, 0) is 43.5 Å². The number of anilines is 1. The predicted octanol–water partition coefficient (Wildman–Crippen LogP) is 3.54. The monoisotopic (exact) mass is 434 g/mol. The normalized spacial score (nSPS) is 19.0. The molecule has 0 saturated heterocycles. The number of methoxy groups -OCH3 is 2. The third-order valence-corrected chi connectivity index (χ3v) is 6.44. The number of rotatable bonds is 7. The van der Waals surface area contributed by atoms with Crippen molar-refractivity contribution in [3.05, 3.63) is 48.5 Å². The van der Waals surface area contributed by atoms with Crippen molar-refractivity contribution in [2.75, 3.05) is 19.5 Å². The Morgan fingerprint density at radius 3 is 2.50 bits per heavy atom. The lowest BCUT2D eigenvalue weighted by Crippen LogP contribution is -2.41. The Labute approximate surface area is 176 Å². The Kier molecular flexibility index (Phi) is 7.17. The van der Waals surface area contributed by atoms with Crippen LogP contribution in [0.3, 0.4) is 0 Å². The fourth-order valence-corrected chi connectivity index (χ4v) is 4.92. The molecule has 2 aromatic carbocycles. The van der Waals surface area contributed by atoms with Gasteiger partial charge in [-0.3, -0.25) is 5.32 Å². The molecule has 0 aliphatic heterocycles. The molecule has 30 heavy (non-hydrogen) atoms. The molecule has 8 nitrogen and oxygen atoms in total. The summed E-state index contributed by atoms with van der Waals surface area (Å²) in [4.78, 5) is 12.2. The Balaban J connectivity index is 1.63. The van der Waals surface area contributed by atoms with E-state index in [0.29, 0.717) is 30.7 Å². The highest BCUT2D eigenvalue weighted by Crippen LogP contribution is 2.30. The van der Waals surface area contributed by atoms with Crippen molar-refractivity contribution in [3.8, 4) is 11.5 Å². The van der Waals surface area contributed by atoms with E-state index in [1.54, 1.807) is 24.3 Å². The van der Waals surface area contributed by atoms with Crippen LogP contribution in [0.5, 0.6) is 11.5 Å². The van der Waals surface area contributed by atoms with E-state index in [1.165, 1.54) is 20.3 Å². The highest BCUT2D eigenvalue weighted by atomic mass is 32.2.